The number of esters is 1. The smallest absolute Gasteiger partial charge is 0.342 e. The molecule has 0 atom stereocenters. The number of nitrogens with one attached hydrogen (secondary N) is 2. The second-order valence-corrected chi connectivity index (χ2v) is 6.80. The monoisotopic (exact) mass is 364 g/mol. The van der Waals surface area contributed by atoms with Gasteiger partial charge in [0.15, 0.2) is 6.61 Å². The van der Waals surface area contributed by atoms with E-state index < -0.39 is 30.1 Å². The molecule has 0 unspecified atom stereocenters. The van der Waals surface area contributed by atoms with Gasteiger partial charge in [0.25, 0.3) is 5.91 Å². The normalized spacial score (nSPS) is 14.5. The minimum Gasteiger partial charge on any atom is -0.452 e. The Morgan fingerprint density at radius 2 is 1.96 bits per heavy atom. The molecule has 1 aliphatic rings. The number of ether oxygens (including phenoxy) is 2. The van der Waals surface area contributed by atoms with Gasteiger partial charge in [-0.15, -0.1) is 0 Å². The summed E-state index contributed by atoms with van der Waals surface area (Å²) >= 11 is 0. The van der Waals surface area contributed by atoms with Crippen LogP contribution >= 0.6 is 0 Å². The molecule has 2 rings (SSSR count). The van der Waals surface area contributed by atoms with Gasteiger partial charge >= 0.3 is 12.0 Å². The Hall–Kier alpha value is -2.68. The van der Waals surface area contributed by atoms with Gasteiger partial charge in [0, 0.05) is 24.8 Å². The molecule has 0 aromatic carbocycles. The first-order valence-electron chi connectivity index (χ1n) is 8.33. The van der Waals surface area contributed by atoms with Gasteiger partial charge in [-0.25, -0.2) is 14.6 Å². The van der Waals surface area contributed by atoms with Crippen molar-refractivity contribution in [3.63, 3.8) is 0 Å². The van der Waals surface area contributed by atoms with E-state index in [4.69, 9.17) is 9.47 Å². The quantitative estimate of drug-likeness (QED) is 0.757. The summed E-state index contributed by atoms with van der Waals surface area (Å²) in [6.07, 6.45) is 1.59. The number of imide groups is 1. The molecule has 2 N–H and O–H groups in total. The molecule has 26 heavy (non-hydrogen) atoms. The Balaban J connectivity index is 1.92. The molecule has 3 amide bonds. The number of anilines is 1. The van der Waals surface area contributed by atoms with Gasteiger partial charge < -0.3 is 19.7 Å². The Morgan fingerprint density at radius 1 is 1.27 bits per heavy atom. The summed E-state index contributed by atoms with van der Waals surface area (Å²) in [7, 11) is 0. The number of amides is 3. The number of carbonyl (C=O) groups excluding carboxylic acids is 3. The van der Waals surface area contributed by atoms with Crippen molar-refractivity contribution >= 4 is 23.7 Å². The maximum absolute atomic E-state index is 12.3. The lowest BCUT2D eigenvalue weighted by atomic mass is 10.1. The van der Waals surface area contributed by atoms with Crippen molar-refractivity contribution in [2.75, 3.05) is 37.8 Å². The molecule has 1 aromatic rings. The summed E-state index contributed by atoms with van der Waals surface area (Å²) in [5.74, 6) is -0.894. The van der Waals surface area contributed by atoms with Gasteiger partial charge in [0.05, 0.1) is 13.2 Å². The van der Waals surface area contributed by atoms with Crippen molar-refractivity contribution in [2.45, 2.75) is 26.3 Å². The number of morpholine rings is 1. The lowest BCUT2D eigenvalue weighted by molar-refractivity contribution is -0.123. The van der Waals surface area contributed by atoms with Gasteiger partial charge in [0.1, 0.15) is 11.4 Å². The average molecular weight is 364 g/mol. The van der Waals surface area contributed by atoms with Gasteiger partial charge in [0.2, 0.25) is 0 Å². The number of carbonyl (C=O) groups is 3. The van der Waals surface area contributed by atoms with Crippen LogP contribution in [0, 0.1) is 0 Å². The molecule has 0 aliphatic carbocycles. The van der Waals surface area contributed by atoms with Crippen LogP contribution in [-0.2, 0) is 14.3 Å². The highest BCUT2D eigenvalue weighted by atomic mass is 16.5. The largest absolute Gasteiger partial charge is 0.452 e. The summed E-state index contributed by atoms with van der Waals surface area (Å²) < 4.78 is 10.3. The second-order valence-electron chi connectivity index (χ2n) is 6.80. The lowest BCUT2D eigenvalue weighted by Gasteiger charge is -2.28. The van der Waals surface area contributed by atoms with Crippen molar-refractivity contribution < 1.29 is 23.9 Å². The zero-order valence-corrected chi connectivity index (χ0v) is 15.2. The van der Waals surface area contributed by atoms with E-state index in [1.807, 2.05) is 4.90 Å². The molecule has 9 nitrogen and oxygen atoms in total. The highest BCUT2D eigenvalue weighted by Gasteiger charge is 2.22. The molecule has 1 fully saturated rings. The Labute approximate surface area is 152 Å². The topological polar surface area (TPSA) is 110 Å². The molecule has 0 radical (unpaired) electrons. The molecular formula is C17H24N4O5. The number of rotatable bonds is 4. The standard InChI is InChI=1S/C17H24N4O5/c1-17(2,3)20-16(24)19-13(22)11-26-15(23)12-5-4-6-18-14(12)21-7-9-25-10-8-21/h4-6H,7-11H2,1-3H3,(H2,19,20,22,24). The van der Waals surface area contributed by atoms with Crippen LogP contribution < -0.4 is 15.5 Å². The fourth-order valence-corrected chi connectivity index (χ4v) is 2.33. The van der Waals surface area contributed by atoms with Crippen molar-refractivity contribution in [3.8, 4) is 0 Å². The first-order valence-corrected chi connectivity index (χ1v) is 8.33. The molecule has 2 heterocycles. The third-order valence-corrected chi connectivity index (χ3v) is 3.39. The third-order valence-electron chi connectivity index (χ3n) is 3.39. The van der Waals surface area contributed by atoms with E-state index >= 15 is 0 Å². The summed E-state index contributed by atoms with van der Waals surface area (Å²) in [5.41, 5.74) is -0.217. The SMILES string of the molecule is CC(C)(C)NC(=O)NC(=O)COC(=O)c1cccnc1N1CCOCC1. The number of hydrogen-bond donors (Lipinski definition) is 2. The maximum atomic E-state index is 12.3. The van der Waals surface area contributed by atoms with Crippen molar-refractivity contribution in [3.05, 3.63) is 23.9 Å². The predicted octanol–water partition coefficient (Wildman–Crippen LogP) is 0.699. The van der Waals surface area contributed by atoms with E-state index in [1.54, 1.807) is 39.1 Å². The van der Waals surface area contributed by atoms with Crippen LogP contribution in [0.5, 0.6) is 0 Å². The Kier molecular flexibility index (Phi) is 6.51. The van der Waals surface area contributed by atoms with E-state index in [1.165, 1.54) is 0 Å². The van der Waals surface area contributed by atoms with E-state index in [0.29, 0.717) is 32.1 Å². The van der Waals surface area contributed by atoms with Crippen LogP contribution in [-0.4, -0.2) is 61.3 Å². The number of pyridine rings is 1. The molecule has 1 saturated heterocycles. The Bertz CT molecular complexity index is 665. The van der Waals surface area contributed by atoms with Crippen molar-refractivity contribution in [1.82, 2.24) is 15.6 Å². The van der Waals surface area contributed by atoms with E-state index in [2.05, 4.69) is 15.6 Å². The number of aromatic nitrogens is 1. The average Bonchev–Trinajstić information content (AvgIpc) is 2.58. The first-order chi connectivity index (χ1) is 12.3. The maximum Gasteiger partial charge on any atom is 0.342 e. The van der Waals surface area contributed by atoms with Gasteiger partial charge in [-0.1, -0.05) is 0 Å². The molecule has 9 heteroatoms. The zero-order chi connectivity index (χ0) is 19.2. The van der Waals surface area contributed by atoms with Crippen LogP contribution in [0.1, 0.15) is 31.1 Å². The van der Waals surface area contributed by atoms with Crippen molar-refractivity contribution in [2.24, 2.45) is 0 Å². The van der Waals surface area contributed by atoms with Crippen LogP contribution in [0.3, 0.4) is 0 Å². The fraction of sp³-hybridized carbons (Fsp3) is 0.529. The van der Waals surface area contributed by atoms with Crippen LogP contribution in [0.15, 0.2) is 18.3 Å². The number of nitrogens with zero attached hydrogens (tertiary/aromatic N) is 2. The summed E-state index contributed by atoms with van der Waals surface area (Å²) in [6, 6.07) is 2.57. The summed E-state index contributed by atoms with van der Waals surface area (Å²) in [6.45, 7) is 7.13. The van der Waals surface area contributed by atoms with Gasteiger partial charge in [-0.3, -0.25) is 10.1 Å². The summed E-state index contributed by atoms with van der Waals surface area (Å²) in [5, 5.41) is 4.69. The first kappa shape index (κ1) is 19.6. The minimum absolute atomic E-state index is 0.265. The molecule has 142 valence electrons. The lowest BCUT2D eigenvalue weighted by Crippen LogP contribution is -2.49. The van der Waals surface area contributed by atoms with Crippen LogP contribution in [0.25, 0.3) is 0 Å². The molecular weight excluding hydrogens is 340 g/mol. The summed E-state index contributed by atoms with van der Waals surface area (Å²) in [4.78, 5) is 41.9. The molecule has 0 saturated carbocycles. The predicted molar refractivity (Wildman–Crippen MR) is 94.0 cm³/mol. The second kappa shape index (κ2) is 8.61. The molecule has 0 bridgehead atoms. The minimum atomic E-state index is -0.711. The molecule has 0 spiro atoms. The molecule has 1 aromatic heterocycles. The van der Waals surface area contributed by atoms with Gasteiger partial charge in [-0.2, -0.15) is 0 Å². The van der Waals surface area contributed by atoms with Crippen LogP contribution in [0.2, 0.25) is 0 Å². The van der Waals surface area contributed by atoms with Crippen LogP contribution in [0.4, 0.5) is 10.6 Å². The van der Waals surface area contributed by atoms with E-state index in [0.717, 1.165) is 0 Å². The van der Waals surface area contributed by atoms with E-state index in [-0.39, 0.29) is 5.56 Å². The third kappa shape index (κ3) is 5.99. The Morgan fingerprint density at radius 3 is 2.62 bits per heavy atom. The number of hydrogen-bond acceptors (Lipinski definition) is 7. The zero-order valence-electron chi connectivity index (χ0n) is 15.2. The fourth-order valence-electron chi connectivity index (χ4n) is 2.33. The van der Waals surface area contributed by atoms with Gasteiger partial charge in [-0.05, 0) is 32.9 Å². The van der Waals surface area contributed by atoms with E-state index in [9.17, 15) is 14.4 Å². The highest BCUT2D eigenvalue weighted by Crippen LogP contribution is 2.19. The van der Waals surface area contributed by atoms with Crippen molar-refractivity contribution in [1.29, 1.82) is 0 Å². The highest BCUT2D eigenvalue weighted by molar-refractivity contribution is 5.98. The molecule has 1 aliphatic heterocycles. The number of urea groups is 1.